The first kappa shape index (κ1) is 23.5. The molecule has 0 bridgehead atoms. The van der Waals surface area contributed by atoms with Crippen molar-refractivity contribution in [2.24, 2.45) is 0 Å². The first-order chi connectivity index (χ1) is 13.3. The summed E-state index contributed by atoms with van der Waals surface area (Å²) in [5.74, 6) is -0.239. The molecule has 0 radical (unpaired) electrons. The quantitative estimate of drug-likeness (QED) is 0.284. The van der Waals surface area contributed by atoms with Crippen LogP contribution < -0.4 is 0 Å². The van der Waals surface area contributed by atoms with Gasteiger partial charge < -0.3 is 28.4 Å². The molecule has 1 aromatic rings. The summed E-state index contributed by atoms with van der Waals surface area (Å²) in [4.78, 5) is 11.1. The van der Waals surface area contributed by atoms with Crippen LogP contribution in [0.1, 0.15) is 18.9 Å². The van der Waals surface area contributed by atoms with Gasteiger partial charge in [-0.3, -0.25) is 4.79 Å². The molecule has 0 amide bonds. The molecule has 27 heavy (non-hydrogen) atoms. The van der Waals surface area contributed by atoms with Gasteiger partial charge in [-0.05, 0) is 12.5 Å². The third kappa shape index (κ3) is 15.3. The number of carbonyl (C=O) groups is 1. The van der Waals surface area contributed by atoms with Gasteiger partial charge in [-0.15, -0.1) is 0 Å². The largest absolute Gasteiger partial charge is 0.466 e. The lowest BCUT2D eigenvalue weighted by Crippen LogP contribution is -2.14. The van der Waals surface area contributed by atoms with Gasteiger partial charge in [0.1, 0.15) is 0 Å². The van der Waals surface area contributed by atoms with Crippen LogP contribution in [-0.4, -0.2) is 72.0 Å². The van der Waals surface area contributed by atoms with Crippen molar-refractivity contribution in [3.8, 4) is 0 Å². The van der Waals surface area contributed by atoms with Crippen molar-refractivity contribution >= 4 is 5.97 Å². The molecule has 0 saturated carbocycles. The maximum Gasteiger partial charge on any atom is 0.308 e. The van der Waals surface area contributed by atoms with Crippen molar-refractivity contribution in [3.63, 3.8) is 0 Å². The minimum Gasteiger partial charge on any atom is -0.466 e. The van der Waals surface area contributed by atoms with E-state index < -0.39 is 0 Å². The Morgan fingerprint density at radius 2 is 1.19 bits per heavy atom. The zero-order chi connectivity index (χ0) is 19.4. The summed E-state index contributed by atoms with van der Waals surface area (Å²) < 4.78 is 31.8. The monoisotopic (exact) mass is 384 g/mol. The molecule has 0 aliphatic heterocycles. The molecule has 0 aliphatic carbocycles. The smallest absolute Gasteiger partial charge is 0.308 e. The maximum absolute atomic E-state index is 11.1. The molecular formula is C20H32O7. The van der Waals surface area contributed by atoms with Crippen LogP contribution in [0.4, 0.5) is 0 Å². The topological polar surface area (TPSA) is 72.5 Å². The molecule has 0 aromatic heterocycles. The highest BCUT2D eigenvalue weighted by atomic mass is 16.6. The maximum atomic E-state index is 11.1. The summed E-state index contributed by atoms with van der Waals surface area (Å²) in [5.41, 5.74) is 1.16. The van der Waals surface area contributed by atoms with Crippen LogP contribution >= 0.6 is 0 Å². The number of rotatable bonds is 18. The van der Waals surface area contributed by atoms with E-state index in [1.807, 2.05) is 30.3 Å². The van der Waals surface area contributed by atoms with E-state index in [0.717, 1.165) is 5.56 Å². The fraction of sp³-hybridized carbons (Fsp3) is 0.650. The van der Waals surface area contributed by atoms with Crippen LogP contribution in [0.15, 0.2) is 30.3 Å². The molecule has 7 heteroatoms. The van der Waals surface area contributed by atoms with Gasteiger partial charge in [-0.2, -0.15) is 0 Å². The van der Waals surface area contributed by atoms with Gasteiger partial charge in [0.25, 0.3) is 0 Å². The molecule has 1 rings (SSSR count). The molecule has 154 valence electrons. The Hall–Kier alpha value is -1.51. The van der Waals surface area contributed by atoms with E-state index in [-0.39, 0.29) is 12.4 Å². The molecule has 7 nitrogen and oxygen atoms in total. The van der Waals surface area contributed by atoms with Gasteiger partial charge in [0.2, 0.25) is 0 Å². The van der Waals surface area contributed by atoms with Crippen LogP contribution in [0.5, 0.6) is 0 Å². The Labute approximate surface area is 161 Å². The Balaban J connectivity index is 1.71. The second-order valence-electron chi connectivity index (χ2n) is 5.54. The molecule has 0 spiro atoms. The van der Waals surface area contributed by atoms with Crippen molar-refractivity contribution < 1.29 is 33.2 Å². The second kappa shape index (κ2) is 17.9. The average Bonchev–Trinajstić information content (AvgIpc) is 2.68. The minimum absolute atomic E-state index is 0.239. The number of ether oxygens (including phenoxy) is 6. The Morgan fingerprint density at radius 3 is 1.70 bits per heavy atom. The average molecular weight is 384 g/mol. The Kier molecular flexibility index (Phi) is 15.6. The highest BCUT2D eigenvalue weighted by Crippen LogP contribution is 1.99. The first-order valence-electron chi connectivity index (χ1n) is 9.41. The van der Waals surface area contributed by atoms with Crippen molar-refractivity contribution in [2.45, 2.75) is 20.0 Å². The summed E-state index contributed by atoms with van der Waals surface area (Å²) in [5, 5.41) is 0. The number of hydrogen-bond donors (Lipinski definition) is 0. The lowest BCUT2D eigenvalue weighted by Gasteiger charge is -2.08. The number of esters is 1. The molecule has 0 fully saturated rings. The van der Waals surface area contributed by atoms with Gasteiger partial charge in [-0.1, -0.05) is 30.3 Å². The second-order valence-corrected chi connectivity index (χ2v) is 5.54. The van der Waals surface area contributed by atoms with E-state index in [1.54, 1.807) is 6.92 Å². The lowest BCUT2D eigenvalue weighted by molar-refractivity contribution is -0.144. The Bertz CT molecular complexity index is 453. The van der Waals surface area contributed by atoms with Crippen molar-refractivity contribution in [2.75, 3.05) is 66.1 Å². The number of carbonyl (C=O) groups excluding carboxylic acids is 1. The van der Waals surface area contributed by atoms with E-state index >= 15 is 0 Å². The summed E-state index contributed by atoms with van der Waals surface area (Å²) >= 11 is 0. The molecule has 0 saturated heterocycles. The van der Waals surface area contributed by atoms with Crippen molar-refractivity contribution in [1.29, 1.82) is 0 Å². The lowest BCUT2D eigenvalue weighted by atomic mass is 10.2. The van der Waals surface area contributed by atoms with E-state index in [4.69, 9.17) is 28.4 Å². The van der Waals surface area contributed by atoms with E-state index in [0.29, 0.717) is 72.7 Å². The zero-order valence-electron chi connectivity index (χ0n) is 16.2. The van der Waals surface area contributed by atoms with Crippen molar-refractivity contribution in [1.82, 2.24) is 0 Å². The molecule has 0 atom stereocenters. The van der Waals surface area contributed by atoms with Gasteiger partial charge in [0.05, 0.1) is 79.1 Å². The van der Waals surface area contributed by atoms with Gasteiger partial charge in [0.15, 0.2) is 0 Å². The highest BCUT2D eigenvalue weighted by Gasteiger charge is 2.00. The van der Waals surface area contributed by atoms with E-state index in [1.165, 1.54) is 0 Å². The van der Waals surface area contributed by atoms with Crippen LogP contribution in [0, 0.1) is 0 Å². The SMILES string of the molecule is CCOC(=O)CCOCCOCCOCCOCCOCc1ccccc1. The summed E-state index contributed by atoms with van der Waals surface area (Å²) in [6, 6.07) is 10.0. The zero-order valence-corrected chi connectivity index (χ0v) is 16.2. The molecule has 1 aromatic carbocycles. The third-order valence-corrected chi connectivity index (χ3v) is 3.36. The summed E-state index contributed by atoms with van der Waals surface area (Å²) in [6.07, 6.45) is 0.272. The number of hydrogen-bond acceptors (Lipinski definition) is 7. The predicted octanol–water partition coefficient (Wildman–Crippen LogP) is 2.22. The van der Waals surface area contributed by atoms with E-state index in [2.05, 4.69) is 0 Å². The molecular weight excluding hydrogens is 352 g/mol. The fourth-order valence-corrected chi connectivity index (χ4v) is 2.03. The molecule has 0 N–H and O–H groups in total. The molecule has 0 heterocycles. The summed E-state index contributed by atoms with van der Waals surface area (Å²) in [7, 11) is 0. The molecule has 0 unspecified atom stereocenters. The van der Waals surface area contributed by atoms with Gasteiger partial charge in [0, 0.05) is 0 Å². The van der Waals surface area contributed by atoms with E-state index in [9.17, 15) is 4.79 Å². The number of benzene rings is 1. The predicted molar refractivity (Wildman–Crippen MR) is 101 cm³/mol. The highest BCUT2D eigenvalue weighted by molar-refractivity contribution is 5.69. The first-order valence-corrected chi connectivity index (χ1v) is 9.41. The van der Waals surface area contributed by atoms with Crippen LogP contribution in [0.25, 0.3) is 0 Å². The van der Waals surface area contributed by atoms with Crippen LogP contribution in [0.3, 0.4) is 0 Å². The van der Waals surface area contributed by atoms with Crippen LogP contribution in [-0.2, 0) is 39.8 Å². The van der Waals surface area contributed by atoms with Gasteiger partial charge >= 0.3 is 5.97 Å². The Morgan fingerprint density at radius 1 is 0.704 bits per heavy atom. The van der Waals surface area contributed by atoms with Gasteiger partial charge in [-0.25, -0.2) is 0 Å². The normalized spacial score (nSPS) is 10.9. The van der Waals surface area contributed by atoms with Crippen LogP contribution in [0.2, 0.25) is 0 Å². The standard InChI is InChI=1S/C20H32O7/c1-2-27-20(21)8-9-22-10-11-23-12-13-24-14-15-25-16-17-26-18-19-6-4-3-5-7-19/h3-7H,2,8-18H2,1H3. The van der Waals surface area contributed by atoms with Crippen molar-refractivity contribution in [3.05, 3.63) is 35.9 Å². The summed E-state index contributed by atoms with van der Waals surface area (Å²) in [6.45, 7) is 7.24. The minimum atomic E-state index is -0.239. The fourth-order valence-electron chi connectivity index (χ4n) is 2.03. The molecule has 0 aliphatic rings. The third-order valence-electron chi connectivity index (χ3n) is 3.36.